The molecule has 0 fully saturated rings. The molecule has 0 radical (unpaired) electrons. The number of hydrogen-bond donors (Lipinski definition) is 0. The molecule has 0 amide bonds. The summed E-state index contributed by atoms with van der Waals surface area (Å²) < 4.78 is 5.59. The van der Waals surface area contributed by atoms with Crippen LogP contribution in [0.25, 0.3) is 10.9 Å². The minimum atomic E-state index is -0.714. The molecule has 0 aliphatic heterocycles. The van der Waals surface area contributed by atoms with Crippen LogP contribution in [0, 0.1) is 0 Å². The van der Waals surface area contributed by atoms with Gasteiger partial charge >= 0.3 is 6.09 Å². The minimum absolute atomic E-state index is 0.355. The second kappa shape index (κ2) is 5.22. The molecule has 0 N–H and O–H groups in total. The number of para-hydroxylation sites is 1. The predicted octanol–water partition coefficient (Wildman–Crippen LogP) is 2.12. The standard InChI is InChI=1S/C12H12N2O3S/c1-3-18-11-13-9-7-5-4-6-8(9)10(15)14(11)12(16)17-2/h4-7H,3H2,1-2H3. The van der Waals surface area contributed by atoms with Crippen LogP contribution < -0.4 is 5.56 Å². The lowest BCUT2D eigenvalue weighted by atomic mass is 10.2. The average molecular weight is 264 g/mol. The Bertz CT molecular complexity index is 651. The number of carbonyl (C=O) groups is 1. The lowest BCUT2D eigenvalue weighted by Crippen LogP contribution is -2.29. The van der Waals surface area contributed by atoms with Gasteiger partial charge < -0.3 is 4.74 Å². The molecular weight excluding hydrogens is 252 g/mol. The predicted molar refractivity (Wildman–Crippen MR) is 70.2 cm³/mol. The van der Waals surface area contributed by atoms with E-state index in [2.05, 4.69) is 9.72 Å². The van der Waals surface area contributed by atoms with E-state index in [0.29, 0.717) is 21.8 Å². The van der Waals surface area contributed by atoms with E-state index in [0.717, 1.165) is 4.57 Å². The molecule has 0 aliphatic carbocycles. The van der Waals surface area contributed by atoms with Gasteiger partial charge in [0.25, 0.3) is 5.56 Å². The van der Waals surface area contributed by atoms with E-state index < -0.39 is 11.7 Å². The number of ether oxygens (including phenoxy) is 1. The molecule has 0 saturated heterocycles. The van der Waals surface area contributed by atoms with Crippen LogP contribution in [0.15, 0.2) is 34.2 Å². The Hall–Kier alpha value is -1.82. The third-order valence-corrected chi connectivity index (χ3v) is 3.20. The van der Waals surface area contributed by atoms with Crippen molar-refractivity contribution in [3.05, 3.63) is 34.6 Å². The van der Waals surface area contributed by atoms with Crippen LogP contribution in [-0.4, -0.2) is 28.5 Å². The lowest BCUT2D eigenvalue weighted by Gasteiger charge is -2.09. The maximum Gasteiger partial charge on any atom is 0.422 e. The third kappa shape index (κ3) is 2.11. The highest BCUT2D eigenvalue weighted by molar-refractivity contribution is 7.99. The molecule has 0 spiro atoms. The van der Waals surface area contributed by atoms with E-state index >= 15 is 0 Å². The Kier molecular flexibility index (Phi) is 3.66. The van der Waals surface area contributed by atoms with Gasteiger partial charge in [0, 0.05) is 0 Å². The highest BCUT2D eigenvalue weighted by atomic mass is 32.2. The number of benzene rings is 1. The Morgan fingerprint density at radius 1 is 1.44 bits per heavy atom. The van der Waals surface area contributed by atoms with Crippen molar-refractivity contribution in [2.45, 2.75) is 12.1 Å². The number of rotatable bonds is 2. The van der Waals surface area contributed by atoms with Crippen molar-refractivity contribution in [3.8, 4) is 0 Å². The normalized spacial score (nSPS) is 10.6. The first kappa shape index (κ1) is 12.6. The van der Waals surface area contributed by atoms with Crippen molar-refractivity contribution in [1.29, 1.82) is 0 Å². The van der Waals surface area contributed by atoms with Crippen LogP contribution in [0.5, 0.6) is 0 Å². The zero-order chi connectivity index (χ0) is 13.1. The topological polar surface area (TPSA) is 61.2 Å². The average Bonchev–Trinajstić information content (AvgIpc) is 2.39. The fourth-order valence-corrected chi connectivity index (χ4v) is 2.30. The van der Waals surface area contributed by atoms with E-state index in [1.807, 2.05) is 6.92 Å². The Labute approximate surface area is 108 Å². The smallest absolute Gasteiger partial charge is 0.422 e. The summed E-state index contributed by atoms with van der Waals surface area (Å²) in [6.07, 6.45) is -0.714. The van der Waals surface area contributed by atoms with E-state index in [1.165, 1.54) is 18.9 Å². The Balaban J connectivity index is 2.79. The molecule has 18 heavy (non-hydrogen) atoms. The second-order valence-corrected chi connectivity index (χ2v) is 4.69. The first-order valence-electron chi connectivity index (χ1n) is 5.42. The van der Waals surface area contributed by atoms with Gasteiger partial charge in [-0.2, -0.15) is 4.57 Å². The van der Waals surface area contributed by atoms with Gasteiger partial charge in [-0.15, -0.1) is 0 Å². The number of nitrogens with zero attached hydrogens (tertiary/aromatic N) is 2. The maximum atomic E-state index is 12.2. The molecule has 2 aromatic rings. The monoisotopic (exact) mass is 264 g/mol. The van der Waals surface area contributed by atoms with E-state index in [4.69, 9.17) is 0 Å². The number of methoxy groups -OCH3 is 1. The zero-order valence-corrected chi connectivity index (χ0v) is 10.9. The molecule has 6 heteroatoms. The first-order chi connectivity index (χ1) is 8.69. The Morgan fingerprint density at radius 3 is 2.83 bits per heavy atom. The van der Waals surface area contributed by atoms with Gasteiger partial charge in [-0.1, -0.05) is 30.8 Å². The highest BCUT2D eigenvalue weighted by Crippen LogP contribution is 2.17. The van der Waals surface area contributed by atoms with Crippen LogP contribution in [-0.2, 0) is 4.74 Å². The van der Waals surface area contributed by atoms with Crippen LogP contribution in [0.1, 0.15) is 6.92 Å². The molecule has 1 aromatic heterocycles. The number of carbonyl (C=O) groups excluding carboxylic acids is 1. The van der Waals surface area contributed by atoms with Gasteiger partial charge in [0.15, 0.2) is 5.16 Å². The summed E-state index contributed by atoms with van der Waals surface area (Å²) in [6, 6.07) is 6.93. The quantitative estimate of drug-likeness (QED) is 0.614. The molecule has 0 saturated carbocycles. The summed E-state index contributed by atoms with van der Waals surface area (Å²) in [7, 11) is 1.24. The molecule has 5 nitrogen and oxygen atoms in total. The van der Waals surface area contributed by atoms with Crippen molar-refractivity contribution in [2.75, 3.05) is 12.9 Å². The molecule has 2 rings (SSSR count). The van der Waals surface area contributed by atoms with Gasteiger partial charge in [0.05, 0.1) is 18.0 Å². The van der Waals surface area contributed by atoms with E-state index in [-0.39, 0.29) is 0 Å². The summed E-state index contributed by atoms with van der Waals surface area (Å²) in [6.45, 7) is 1.92. The molecule has 0 atom stereocenters. The largest absolute Gasteiger partial charge is 0.452 e. The molecule has 0 bridgehead atoms. The molecule has 1 heterocycles. The number of fused-ring (bicyclic) bond motifs is 1. The van der Waals surface area contributed by atoms with E-state index in [9.17, 15) is 9.59 Å². The van der Waals surface area contributed by atoms with Crippen LogP contribution in [0.2, 0.25) is 0 Å². The third-order valence-electron chi connectivity index (χ3n) is 2.38. The SMILES string of the molecule is CCSc1nc2ccccc2c(=O)n1C(=O)OC. The summed E-state index contributed by atoms with van der Waals surface area (Å²) >= 11 is 1.33. The lowest BCUT2D eigenvalue weighted by molar-refractivity contribution is 0.169. The van der Waals surface area contributed by atoms with Crippen molar-refractivity contribution in [2.24, 2.45) is 0 Å². The van der Waals surface area contributed by atoms with Crippen molar-refractivity contribution in [3.63, 3.8) is 0 Å². The van der Waals surface area contributed by atoms with E-state index in [1.54, 1.807) is 24.3 Å². The van der Waals surface area contributed by atoms with Crippen molar-refractivity contribution >= 4 is 28.8 Å². The fraction of sp³-hybridized carbons (Fsp3) is 0.250. The fourth-order valence-electron chi connectivity index (χ4n) is 1.59. The van der Waals surface area contributed by atoms with Crippen molar-refractivity contribution in [1.82, 2.24) is 9.55 Å². The molecular formula is C12H12N2O3S. The molecule has 0 unspecified atom stereocenters. The summed E-state index contributed by atoms with van der Waals surface area (Å²) in [5.74, 6) is 0.710. The first-order valence-corrected chi connectivity index (χ1v) is 6.40. The number of thioether (sulfide) groups is 1. The summed E-state index contributed by atoms with van der Waals surface area (Å²) in [5, 5.41) is 0.761. The van der Waals surface area contributed by atoms with Gasteiger partial charge in [0.1, 0.15) is 0 Å². The molecule has 1 aromatic carbocycles. The summed E-state index contributed by atoms with van der Waals surface area (Å²) in [4.78, 5) is 28.2. The minimum Gasteiger partial charge on any atom is -0.452 e. The highest BCUT2D eigenvalue weighted by Gasteiger charge is 2.16. The van der Waals surface area contributed by atoms with Crippen LogP contribution in [0.4, 0.5) is 4.79 Å². The van der Waals surface area contributed by atoms with Gasteiger partial charge in [-0.3, -0.25) is 4.79 Å². The van der Waals surface area contributed by atoms with Crippen molar-refractivity contribution < 1.29 is 9.53 Å². The zero-order valence-electron chi connectivity index (χ0n) is 10.0. The Morgan fingerprint density at radius 2 is 2.17 bits per heavy atom. The molecule has 94 valence electrons. The van der Waals surface area contributed by atoms with Gasteiger partial charge in [-0.25, -0.2) is 9.78 Å². The van der Waals surface area contributed by atoms with Crippen LogP contribution in [0.3, 0.4) is 0 Å². The molecule has 0 aliphatic rings. The number of aromatic nitrogens is 2. The summed E-state index contributed by atoms with van der Waals surface area (Å²) in [5.41, 5.74) is 0.182. The van der Waals surface area contributed by atoms with Gasteiger partial charge in [-0.05, 0) is 17.9 Å². The maximum absolute atomic E-state index is 12.2. The second-order valence-electron chi connectivity index (χ2n) is 3.46. The van der Waals surface area contributed by atoms with Gasteiger partial charge in [0.2, 0.25) is 0 Å². The van der Waals surface area contributed by atoms with Crippen LogP contribution >= 0.6 is 11.8 Å². The number of hydrogen-bond acceptors (Lipinski definition) is 5.